The van der Waals surface area contributed by atoms with E-state index in [0.29, 0.717) is 11.5 Å². The van der Waals surface area contributed by atoms with Gasteiger partial charge in [-0.1, -0.05) is 64.8 Å². The van der Waals surface area contributed by atoms with Crippen molar-refractivity contribution < 1.29 is 0 Å². The Morgan fingerprint density at radius 2 is 1.52 bits per heavy atom. The van der Waals surface area contributed by atoms with Gasteiger partial charge in [0, 0.05) is 6.04 Å². The predicted octanol–water partition coefficient (Wildman–Crippen LogP) is 7.16. The van der Waals surface area contributed by atoms with Crippen LogP contribution < -0.4 is 0 Å². The molecule has 0 aromatic heterocycles. The van der Waals surface area contributed by atoms with Crippen molar-refractivity contribution in [2.75, 3.05) is 13.1 Å². The van der Waals surface area contributed by atoms with Crippen molar-refractivity contribution in [2.45, 2.75) is 97.9 Å². The van der Waals surface area contributed by atoms with Crippen LogP contribution in [0.4, 0.5) is 0 Å². The van der Waals surface area contributed by atoms with Gasteiger partial charge in [-0.25, -0.2) is 0 Å². The smallest absolute Gasteiger partial charge is 0.0345 e. The average Bonchev–Trinajstić information content (AvgIpc) is 3.12. The molecule has 1 atom stereocenters. The highest BCUT2D eigenvalue weighted by Gasteiger charge is 2.22. The van der Waals surface area contributed by atoms with Gasteiger partial charge in [0.15, 0.2) is 0 Å². The number of hydrogen-bond acceptors (Lipinski definition) is 1. The van der Waals surface area contributed by atoms with Gasteiger partial charge < -0.3 is 0 Å². The van der Waals surface area contributed by atoms with Crippen molar-refractivity contribution in [3.8, 4) is 0 Å². The van der Waals surface area contributed by atoms with Crippen LogP contribution in [0.15, 0.2) is 24.3 Å². The van der Waals surface area contributed by atoms with E-state index in [1.165, 1.54) is 88.4 Å². The monoisotopic (exact) mass is 343 g/mol. The lowest BCUT2D eigenvalue weighted by Gasteiger charge is -2.29. The molecule has 0 amide bonds. The summed E-state index contributed by atoms with van der Waals surface area (Å²) in [5, 5.41) is 0. The maximum Gasteiger partial charge on any atom is 0.0345 e. The quantitative estimate of drug-likeness (QED) is 0.412. The van der Waals surface area contributed by atoms with Gasteiger partial charge in [-0.3, -0.25) is 4.90 Å². The van der Waals surface area contributed by atoms with E-state index in [2.05, 4.69) is 56.9 Å². The van der Waals surface area contributed by atoms with Gasteiger partial charge in [0.1, 0.15) is 0 Å². The Morgan fingerprint density at radius 3 is 2.04 bits per heavy atom. The van der Waals surface area contributed by atoms with Crippen LogP contribution in [-0.4, -0.2) is 18.0 Å². The van der Waals surface area contributed by atoms with Crippen LogP contribution in [0.25, 0.3) is 0 Å². The summed E-state index contributed by atoms with van der Waals surface area (Å²) in [6, 6.07) is 10.2. The van der Waals surface area contributed by atoms with E-state index in [1.807, 2.05) is 0 Å². The molecule has 0 radical (unpaired) electrons. The molecular formula is C24H41N. The topological polar surface area (TPSA) is 3.24 Å². The molecule has 1 aliphatic rings. The van der Waals surface area contributed by atoms with Gasteiger partial charge in [-0.05, 0) is 81.0 Å². The summed E-state index contributed by atoms with van der Waals surface area (Å²) in [5.41, 5.74) is 3.61. The summed E-state index contributed by atoms with van der Waals surface area (Å²) in [7, 11) is 0. The molecule has 142 valence electrons. The summed E-state index contributed by atoms with van der Waals surface area (Å²) >= 11 is 0. The highest BCUT2D eigenvalue weighted by molar-refractivity contribution is 5.25. The minimum absolute atomic E-state index is 0.562. The van der Waals surface area contributed by atoms with Crippen molar-refractivity contribution in [1.29, 1.82) is 0 Å². The van der Waals surface area contributed by atoms with Crippen LogP contribution in [0.1, 0.15) is 103 Å². The van der Waals surface area contributed by atoms with E-state index in [9.17, 15) is 0 Å². The number of aryl methyl sites for hydroxylation is 1. The van der Waals surface area contributed by atoms with E-state index in [-0.39, 0.29) is 0 Å². The fourth-order valence-corrected chi connectivity index (χ4v) is 4.97. The second kappa shape index (κ2) is 10.4. The number of rotatable bonds is 11. The molecule has 1 heteroatoms. The van der Waals surface area contributed by atoms with Crippen molar-refractivity contribution in [2.24, 2.45) is 5.41 Å². The highest BCUT2D eigenvalue weighted by Crippen LogP contribution is 2.35. The minimum Gasteiger partial charge on any atom is -0.296 e. The van der Waals surface area contributed by atoms with Gasteiger partial charge in [0.2, 0.25) is 0 Å². The second-order valence-corrected chi connectivity index (χ2v) is 8.57. The Morgan fingerprint density at radius 1 is 0.920 bits per heavy atom. The molecule has 0 bridgehead atoms. The molecule has 25 heavy (non-hydrogen) atoms. The molecule has 0 aliphatic carbocycles. The van der Waals surface area contributed by atoms with Crippen molar-refractivity contribution in [1.82, 2.24) is 4.90 Å². The molecule has 0 saturated carbocycles. The molecular weight excluding hydrogens is 302 g/mol. The molecule has 1 unspecified atom stereocenters. The lowest BCUT2D eigenvalue weighted by atomic mass is 9.77. The number of likely N-dealkylation sites (tertiary alicyclic amines) is 1. The van der Waals surface area contributed by atoms with Crippen LogP contribution in [0.3, 0.4) is 0 Å². The first-order chi connectivity index (χ1) is 12.1. The highest BCUT2D eigenvalue weighted by atomic mass is 15.2. The van der Waals surface area contributed by atoms with Gasteiger partial charge in [-0.2, -0.15) is 0 Å². The van der Waals surface area contributed by atoms with E-state index in [0.717, 1.165) is 0 Å². The maximum atomic E-state index is 2.68. The maximum absolute atomic E-state index is 2.68. The molecule has 0 N–H and O–H groups in total. The fourth-order valence-electron chi connectivity index (χ4n) is 4.97. The molecule has 1 saturated heterocycles. The van der Waals surface area contributed by atoms with E-state index < -0.39 is 0 Å². The van der Waals surface area contributed by atoms with E-state index in [4.69, 9.17) is 0 Å². The molecule has 1 fully saturated rings. The van der Waals surface area contributed by atoms with Crippen molar-refractivity contribution in [3.05, 3.63) is 35.4 Å². The Balaban J connectivity index is 1.87. The van der Waals surface area contributed by atoms with Crippen LogP contribution in [-0.2, 0) is 6.42 Å². The SMILES string of the molecule is CCCC(C)(CCC)CCCc1ccc(C(CC)N2CCCC2)cc1. The Labute approximate surface area is 157 Å². The van der Waals surface area contributed by atoms with Crippen molar-refractivity contribution in [3.63, 3.8) is 0 Å². The Bertz CT molecular complexity index is 463. The first kappa shape index (κ1) is 20.5. The molecule has 2 rings (SSSR count). The zero-order valence-electron chi connectivity index (χ0n) is 17.3. The summed E-state index contributed by atoms with van der Waals surface area (Å²) in [5.74, 6) is 0. The third kappa shape index (κ3) is 6.13. The number of benzene rings is 1. The first-order valence-corrected chi connectivity index (χ1v) is 10.9. The fraction of sp³-hybridized carbons (Fsp3) is 0.750. The van der Waals surface area contributed by atoms with Crippen molar-refractivity contribution >= 4 is 0 Å². The van der Waals surface area contributed by atoms with E-state index >= 15 is 0 Å². The summed E-state index contributed by atoms with van der Waals surface area (Å²) < 4.78 is 0. The number of nitrogens with zero attached hydrogens (tertiary/aromatic N) is 1. The number of hydrogen-bond donors (Lipinski definition) is 0. The zero-order valence-corrected chi connectivity index (χ0v) is 17.3. The second-order valence-electron chi connectivity index (χ2n) is 8.57. The van der Waals surface area contributed by atoms with Crippen LogP contribution >= 0.6 is 0 Å². The van der Waals surface area contributed by atoms with Gasteiger partial charge >= 0.3 is 0 Å². The zero-order chi connectivity index (χ0) is 18.1. The van der Waals surface area contributed by atoms with Gasteiger partial charge in [0.25, 0.3) is 0 Å². The Hall–Kier alpha value is -0.820. The van der Waals surface area contributed by atoms with Crippen LogP contribution in [0.2, 0.25) is 0 Å². The van der Waals surface area contributed by atoms with Crippen LogP contribution in [0.5, 0.6) is 0 Å². The molecule has 1 nitrogen and oxygen atoms in total. The molecule has 1 aromatic carbocycles. The van der Waals surface area contributed by atoms with Gasteiger partial charge in [-0.15, -0.1) is 0 Å². The summed E-state index contributed by atoms with van der Waals surface area (Å²) in [4.78, 5) is 2.68. The lowest BCUT2D eigenvalue weighted by Crippen LogP contribution is -2.25. The normalized spacial score (nSPS) is 17.1. The van der Waals surface area contributed by atoms with Crippen LogP contribution in [0, 0.1) is 5.41 Å². The standard InChI is InChI=1S/C24H41N/c1-5-16-24(4,17-6-2)18-10-11-21-12-14-22(15-13-21)23(7-3)25-19-8-9-20-25/h12-15,23H,5-11,16-20H2,1-4H3. The molecule has 0 spiro atoms. The first-order valence-electron chi connectivity index (χ1n) is 10.9. The third-order valence-electron chi connectivity index (χ3n) is 6.29. The lowest BCUT2D eigenvalue weighted by molar-refractivity contribution is 0.238. The largest absolute Gasteiger partial charge is 0.296 e. The predicted molar refractivity (Wildman–Crippen MR) is 111 cm³/mol. The minimum atomic E-state index is 0.562. The average molecular weight is 344 g/mol. The molecule has 1 aromatic rings. The summed E-state index contributed by atoms with van der Waals surface area (Å²) in [6.45, 7) is 12.1. The third-order valence-corrected chi connectivity index (χ3v) is 6.29. The molecule has 1 aliphatic heterocycles. The van der Waals surface area contributed by atoms with Gasteiger partial charge in [0.05, 0.1) is 0 Å². The Kier molecular flexibility index (Phi) is 8.49. The molecule has 1 heterocycles. The summed E-state index contributed by atoms with van der Waals surface area (Å²) in [6.07, 6.45) is 13.3. The van der Waals surface area contributed by atoms with E-state index in [1.54, 1.807) is 0 Å².